The van der Waals surface area contributed by atoms with Crippen LogP contribution in [0, 0.1) is 6.92 Å². The summed E-state index contributed by atoms with van der Waals surface area (Å²) < 4.78 is 0. The van der Waals surface area contributed by atoms with Crippen molar-refractivity contribution in [2.45, 2.75) is 26.4 Å². The number of amides is 1. The third-order valence-corrected chi connectivity index (χ3v) is 3.34. The Kier molecular flexibility index (Phi) is 4.53. The van der Waals surface area contributed by atoms with Crippen molar-refractivity contribution in [1.29, 1.82) is 0 Å². The molecule has 0 aliphatic heterocycles. The summed E-state index contributed by atoms with van der Waals surface area (Å²) in [5.41, 5.74) is 9.52. The zero-order chi connectivity index (χ0) is 14.5. The van der Waals surface area contributed by atoms with Crippen molar-refractivity contribution < 1.29 is 4.79 Å². The Morgan fingerprint density at radius 2 is 1.90 bits per heavy atom. The molecular formula is C17H20N2O. The molecule has 0 unspecified atom stereocenters. The van der Waals surface area contributed by atoms with Gasteiger partial charge in [-0.15, -0.1) is 0 Å². The maximum absolute atomic E-state index is 12.2. The third-order valence-electron chi connectivity index (χ3n) is 3.34. The summed E-state index contributed by atoms with van der Waals surface area (Å²) in [7, 11) is 0. The molecule has 0 spiro atoms. The Bertz CT molecular complexity index is 590. The van der Waals surface area contributed by atoms with Gasteiger partial charge in [-0.3, -0.25) is 4.79 Å². The van der Waals surface area contributed by atoms with E-state index in [-0.39, 0.29) is 11.9 Å². The highest BCUT2D eigenvalue weighted by Gasteiger charge is 2.11. The van der Waals surface area contributed by atoms with Gasteiger partial charge in [0.15, 0.2) is 0 Å². The van der Waals surface area contributed by atoms with Crippen LogP contribution in [0.4, 0.5) is 0 Å². The van der Waals surface area contributed by atoms with Gasteiger partial charge in [0.1, 0.15) is 0 Å². The van der Waals surface area contributed by atoms with Crippen LogP contribution in [0.2, 0.25) is 0 Å². The number of benzene rings is 2. The van der Waals surface area contributed by atoms with Gasteiger partial charge in [-0.25, -0.2) is 0 Å². The second-order valence-corrected chi connectivity index (χ2v) is 5.01. The highest BCUT2D eigenvalue weighted by atomic mass is 16.1. The van der Waals surface area contributed by atoms with E-state index in [1.807, 2.05) is 44.2 Å². The van der Waals surface area contributed by atoms with Gasteiger partial charge in [-0.2, -0.15) is 0 Å². The van der Waals surface area contributed by atoms with Crippen molar-refractivity contribution in [1.82, 2.24) is 5.32 Å². The van der Waals surface area contributed by atoms with Gasteiger partial charge >= 0.3 is 0 Å². The van der Waals surface area contributed by atoms with Gasteiger partial charge in [0.25, 0.3) is 5.91 Å². The molecule has 104 valence electrons. The first kappa shape index (κ1) is 14.3. The smallest absolute Gasteiger partial charge is 0.251 e. The fourth-order valence-electron chi connectivity index (χ4n) is 2.09. The molecule has 2 rings (SSSR count). The zero-order valence-corrected chi connectivity index (χ0v) is 11.9. The fraction of sp³-hybridized carbons (Fsp3) is 0.235. The largest absolute Gasteiger partial charge is 0.346 e. The van der Waals surface area contributed by atoms with Crippen LogP contribution in [0.3, 0.4) is 0 Å². The minimum atomic E-state index is -0.0671. The molecule has 0 radical (unpaired) electrons. The van der Waals surface area contributed by atoms with Crippen LogP contribution in [0.15, 0.2) is 48.5 Å². The lowest BCUT2D eigenvalue weighted by Gasteiger charge is -2.15. The van der Waals surface area contributed by atoms with Crippen LogP contribution in [-0.4, -0.2) is 5.91 Å². The molecule has 3 heteroatoms. The Hall–Kier alpha value is -2.13. The molecule has 0 saturated heterocycles. The first-order valence-corrected chi connectivity index (χ1v) is 6.76. The van der Waals surface area contributed by atoms with E-state index in [2.05, 4.69) is 11.4 Å². The van der Waals surface area contributed by atoms with Crippen molar-refractivity contribution in [2.24, 2.45) is 5.73 Å². The normalized spacial score (nSPS) is 11.9. The molecule has 1 amide bonds. The second kappa shape index (κ2) is 6.35. The van der Waals surface area contributed by atoms with E-state index in [9.17, 15) is 4.79 Å². The molecular weight excluding hydrogens is 248 g/mol. The van der Waals surface area contributed by atoms with E-state index in [1.165, 1.54) is 5.56 Å². The maximum atomic E-state index is 12.2. The summed E-state index contributed by atoms with van der Waals surface area (Å²) in [6.45, 7) is 4.52. The standard InChI is InChI=1S/C17H20N2O/c1-12-4-3-5-16(10-12)13(2)19-17(20)15-8-6-14(11-18)7-9-15/h3-10,13H,11,18H2,1-2H3,(H,19,20)/t13-/m1/s1. The second-order valence-electron chi connectivity index (χ2n) is 5.01. The van der Waals surface area contributed by atoms with E-state index < -0.39 is 0 Å². The monoisotopic (exact) mass is 268 g/mol. The molecule has 0 aliphatic rings. The topological polar surface area (TPSA) is 55.1 Å². The lowest BCUT2D eigenvalue weighted by Crippen LogP contribution is -2.26. The molecule has 0 aliphatic carbocycles. The Morgan fingerprint density at radius 1 is 1.20 bits per heavy atom. The summed E-state index contributed by atoms with van der Waals surface area (Å²) >= 11 is 0. The quantitative estimate of drug-likeness (QED) is 0.895. The zero-order valence-electron chi connectivity index (χ0n) is 11.9. The van der Waals surface area contributed by atoms with E-state index in [0.717, 1.165) is 11.1 Å². The molecule has 0 saturated carbocycles. The first-order valence-electron chi connectivity index (χ1n) is 6.76. The third kappa shape index (κ3) is 3.45. The number of carbonyl (C=O) groups excluding carboxylic acids is 1. The minimum Gasteiger partial charge on any atom is -0.346 e. The van der Waals surface area contributed by atoms with Crippen molar-refractivity contribution in [2.75, 3.05) is 0 Å². The SMILES string of the molecule is Cc1cccc([C@@H](C)NC(=O)c2ccc(CN)cc2)c1. The maximum Gasteiger partial charge on any atom is 0.251 e. The number of nitrogens with one attached hydrogen (secondary N) is 1. The molecule has 20 heavy (non-hydrogen) atoms. The van der Waals surface area contributed by atoms with Crippen molar-refractivity contribution in [3.63, 3.8) is 0 Å². The summed E-state index contributed by atoms with van der Waals surface area (Å²) in [4.78, 5) is 12.2. The van der Waals surface area contributed by atoms with E-state index >= 15 is 0 Å². The van der Waals surface area contributed by atoms with E-state index in [0.29, 0.717) is 12.1 Å². The van der Waals surface area contributed by atoms with Gasteiger partial charge in [0.05, 0.1) is 6.04 Å². The van der Waals surface area contributed by atoms with Gasteiger partial charge in [-0.05, 0) is 37.1 Å². The van der Waals surface area contributed by atoms with Crippen LogP contribution in [-0.2, 0) is 6.54 Å². The highest BCUT2D eigenvalue weighted by Crippen LogP contribution is 2.14. The molecule has 0 heterocycles. The Labute approximate surface area is 119 Å². The predicted octanol–water partition coefficient (Wildman–Crippen LogP) is 2.94. The average Bonchev–Trinajstić information content (AvgIpc) is 2.47. The summed E-state index contributed by atoms with van der Waals surface area (Å²) in [5.74, 6) is -0.0671. The van der Waals surface area contributed by atoms with Crippen LogP contribution < -0.4 is 11.1 Å². The van der Waals surface area contributed by atoms with Crippen LogP contribution in [0.5, 0.6) is 0 Å². The van der Waals surface area contributed by atoms with Crippen LogP contribution in [0.1, 0.15) is 40.0 Å². The highest BCUT2D eigenvalue weighted by molar-refractivity contribution is 5.94. The number of nitrogens with two attached hydrogens (primary N) is 1. The first-order chi connectivity index (χ1) is 9.60. The van der Waals surface area contributed by atoms with Gasteiger partial charge in [0.2, 0.25) is 0 Å². The molecule has 0 bridgehead atoms. The number of carbonyl (C=O) groups is 1. The number of hydrogen-bond donors (Lipinski definition) is 2. The Balaban J connectivity index is 2.06. The molecule has 3 N–H and O–H groups in total. The van der Waals surface area contributed by atoms with Crippen molar-refractivity contribution in [3.05, 3.63) is 70.8 Å². The molecule has 0 aromatic heterocycles. The van der Waals surface area contributed by atoms with Gasteiger partial charge in [0, 0.05) is 12.1 Å². The summed E-state index contributed by atoms with van der Waals surface area (Å²) in [6, 6.07) is 15.5. The molecule has 3 nitrogen and oxygen atoms in total. The van der Waals surface area contributed by atoms with Crippen molar-refractivity contribution >= 4 is 5.91 Å². The Morgan fingerprint density at radius 3 is 2.50 bits per heavy atom. The number of aryl methyl sites for hydroxylation is 1. The van der Waals surface area contributed by atoms with Gasteiger partial charge < -0.3 is 11.1 Å². The van der Waals surface area contributed by atoms with Gasteiger partial charge in [-0.1, -0.05) is 42.0 Å². The van der Waals surface area contributed by atoms with Crippen LogP contribution in [0.25, 0.3) is 0 Å². The summed E-state index contributed by atoms with van der Waals surface area (Å²) in [6.07, 6.45) is 0. The predicted molar refractivity (Wildman–Crippen MR) is 81.4 cm³/mol. The number of rotatable bonds is 4. The minimum absolute atomic E-state index is 0.0171. The molecule has 1 atom stereocenters. The van der Waals surface area contributed by atoms with Crippen molar-refractivity contribution in [3.8, 4) is 0 Å². The molecule has 0 fully saturated rings. The molecule has 2 aromatic carbocycles. The number of hydrogen-bond acceptors (Lipinski definition) is 2. The summed E-state index contributed by atoms with van der Waals surface area (Å²) in [5, 5.41) is 3.01. The van der Waals surface area contributed by atoms with E-state index in [1.54, 1.807) is 12.1 Å². The van der Waals surface area contributed by atoms with E-state index in [4.69, 9.17) is 5.73 Å². The lowest BCUT2D eigenvalue weighted by molar-refractivity contribution is 0.0940. The molecule has 2 aromatic rings. The fourth-order valence-corrected chi connectivity index (χ4v) is 2.09. The average molecular weight is 268 g/mol. The lowest BCUT2D eigenvalue weighted by atomic mass is 10.1. The van der Waals surface area contributed by atoms with Crippen LogP contribution >= 0.6 is 0 Å².